The van der Waals surface area contributed by atoms with Gasteiger partial charge in [-0.25, -0.2) is 0 Å². The Balaban J connectivity index is 1.31. The zero-order valence-corrected chi connectivity index (χ0v) is 18.1. The quantitative estimate of drug-likeness (QED) is 0.610. The van der Waals surface area contributed by atoms with E-state index in [0.29, 0.717) is 6.42 Å². The number of nitrogens with zero attached hydrogens (tertiary/aromatic N) is 2. The predicted molar refractivity (Wildman–Crippen MR) is 125 cm³/mol. The average Bonchev–Trinajstić information content (AvgIpc) is 3.22. The normalized spacial score (nSPS) is 16.1. The topological polar surface area (TPSA) is 35.6 Å². The number of benzene rings is 2. The molecule has 4 nitrogen and oxygen atoms in total. The number of para-hydroxylation sites is 1. The molecular formula is C25H29N3OS. The van der Waals surface area contributed by atoms with Crippen LogP contribution in [0.15, 0.2) is 78.2 Å². The molecule has 0 saturated carbocycles. The van der Waals surface area contributed by atoms with Gasteiger partial charge in [0.15, 0.2) is 0 Å². The summed E-state index contributed by atoms with van der Waals surface area (Å²) in [4.78, 5) is 18.8. The van der Waals surface area contributed by atoms with E-state index in [2.05, 4.69) is 69.0 Å². The highest BCUT2D eigenvalue weighted by molar-refractivity contribution is 7.10. The maximum atomic E-state index is 12.8. The first kappa shape index (κ1) is 20.6. The molecule has 3 aromatic rings. The fourth-order valence-electron chi connectivity index (χ4n) is 4.00. The van der Waals surface area contributed by atoms with E-state index < -0.39 is 0 Å². The molecule has 0 radical (unpaired) electrons. The molecule has 1 aliphatic rings. The van der Waals surface area contributed by atoms with Crippen LogP contribution in [0, 0.1) is 0 Å². The van der Waals surface area contributed by atoms with Crippen molar-refractivity contribution in [3.63, 3.8) is 0 Å². The fraction of sp³-hybridized carbons (Fsp3) is 0.320. The maximum absolute atomic E-state index is 12.8. The lowest BCUT2D eigenvalue weighted by molar-refractivity contribution is -0.121. The second-order valence-electron chi connectivity index (χ2n) is 7.69. The van der Waals surface area contributed by atoms with E-state index in [1.165, 1.54) is 10.6 Å². The molecule has 5 heteroatoms. The van der Waals surface area contributed by atoms with Crippen LogP contribution < -0.4 is 10.2 Å². The Morgan fingerprint density at radius 1 is 0.900 bits per heavy atom. The van der Waals surface area contributed by atoms with E-state index in [4.69, 9.17) is 0 Å². The fourth-order valence-corrected chi connectivity index (χ4v) is 4.81. The van der Waals surface area contributed by atoms with Crippen LogP contribution in [-0.2, 0) is 4.79 Å². The van der Waals surface area contributed by atoms with E-state index in [9.17, 15) is 4.79 Å². The standard InChI is InChI=1S/C25H29N3OS/c29-24(26-25(23-13-7-20-30-23)21-9-3-1-4-10-21)14-17-27-15-8-16-28(19-18-27)22-11-5-2-6-12-22/h1-7,9-13,20,25H,8,14-19H2,(H,26,29). The first-order chi connectivity index (χ1) is 14.8. The van der Waals surface area contributed by atoms with Gasteiger partial charge in [0.05, 0.1) is 6.04 Å². The van der Waals surface area contributed by atoms with Gasteiger partial charge in [-0.3, -0.25) is 4.79 Å². The number of hydrogen-bond donors (Lipinski definition) is 1. The van der Waals surface area contributed by atoms with Crippen molar-refractivity contribution in [1.29, 1.82) is 0 Å². The number of carbonyl (C=O) groups excluding carboxylic acids is 1. The lowest BCUT2D eigenvalue weighted by Crippen LogP contribution is -2.35. The Morgan fingerprint density at radius 2 is 1.67 bits per heavy atom. The van der Waals surface area contributed by atoms with Crippen LogP contribution in [0.25, 0.3) is 0 Å². The lowest BCUT2D eigenvalue weighted by atomic mass is 10.1. The SMILES string of the molecule is O=C(CCN1CCCN(c2ccccc2)CC1)NC(c1ccccc1)c1cccs1. The third-order valence-electron chi connectivity index (χ3n) is 5.63. The zero-order chi connectivity index (χ0) is 20.6. The smallest absolute Gasteiger partial charge is 0.222 e. The minimum atomic E-state index is -0.0728. The van der Waals surface area contributed by atoms with Crippen molar-refractivity contribution in [1.82, 2.24) is 10.2 Å². The molecule has 1 aliphatic heterocycles. The van der Waals surface area contributed by atoms with E-state index in [1.54, 1.807) is 11.3 Å². The van der Waals surface area contributed by atoms with Crippen molar-refractivity contribution in [2.24, 2.45) is 0 Å². The van der Waals surface area contributed by atoms with Gasteiger partial charge >= 0.3 is 0 Å². The molecule has 1 fully saturated rings. The summed E-state index contributed by atoms with van der Waals surface area (Å²) in [6.07, 6.45) is 1.65. The van der Waals surface area contributed by atoms with Gasteiger partial charge < -0.3 is 15.1 Å². The highest BCUT2D eigenvalue weighted by Crippen LogP contribution is 2.26. The summed E-state index contributed by atoms with van der Waals surface area (Å²) < 4.78 is 0. The van der Waals surface area contributed by atoms with Crippen molar-refractivity contribution < 1.29 is 4.79 Å². The van der Waals surface area contributed by atoms with Gasteiger partial charge in [0.1, 0.15) is 0 Å². The Hall–Kier alpha value is -2.63. The third kappa shape index (κ3) is 5.49. The Labute approximate surface area is 183 Å². The molecule has 30 heavy (non-hydrogen) atoms. The number of hydrogen-bond acceptors (Lipinski definition) is 4. The van der Waals surface area contributed by atoms with E-state index in [0.717, 1.165) is 44.7 Å². The van der Waals surface area contributed by atoms with Crippen LogP contribution in [0.5, 0.6) is 0 Å². The summed E-state index contributed by atoms with van der Waals surface area (Å²) in [7, 11) is 0. The molecule has 156 valence electrons. The lowest BCUT2D eigenvalue weighted by Gasteiger charge is -2.24. The molecule has 1 amide bonds. The van der Waals surface area contributed by atoms with Gasteiger partial charge in [-0.05, 0) is 42.1 Å². The zero-order valence-electron chi connectivity index (χ0n) is 17.2. The summed E-state index contributed by atoms with van der Waals surface area (Å²) in [6, 6.07) is 24.9. The highest BCUT2D eigenvalue weighted by Gasteiger charge is 2.19. The number of amides is 1. The largest absolute Gasteiger partial charge is 0.370 e. The second-order valence-corrected chi connectivity index (χ2v) is 8.67. The van der Waals surface area contributed by atoms with Crippen molar-refractivity contribution in [3.8, 4) is 0 Å². The van der Waals surface area contributed by atoms with Crippen LogP contribution in [-0.4, -0.2) is 43.5 Å². The second kappa shape index (κ2) is 10.4. The van der Waals surface area contributed by atoms with Gasteiger partial charge in [-0.2, -0.15) is 0 Å². The molecule has 0 aliphatic carbocycles. The summed E-state index contributed by atoms with van der Waals surface area (Å²) in [6.45, 7) is 4.92. The van der Waals surface area contributed by atoms with Crippen LogP contribution in [0.2, 0.25) is 0 Å². The Kier molecular flexibility index (Phi) is 7.16. The maximum Gasteiger partial charge on any atom is 0.222 e. The monoisotopic (exact) mass is 419 g/mol. The van der Waals surface area contributed by atoms with Crippen LogP contribution in [0.1, 0.15) is 29.3 Å². The van der Waals surface area contributed by atoms with Gasteiger partial charge in [0, 0.05) is 43.2 Å². The first-order valence-corrected chi connectivity index (χ1v) is 11.6. The Morgan fingerprint density at radius 3 is 2.40 bits per heavy atom. The molecule has 0 bridgehead atoms. The molecule has 0 spiro atoms. The molecular weight excluding hydrogens is 390 g/mol. The van der Waals surface area contributed by atoms with Crippen molar-refractivity contribution >= 4 is 22.9 Å². The minimum Gasteiger partial charge on any atom is -0.370 e. The van der Waals surface area contributed by atoms with E-state index in [-0.39, 0.29) is 11.9 Å². The third-order valence-corrected chi connectivity index (χ3v) is 6.57. The molecule has 1 saturated heterocycles. The van der Waals surface area contributed by atoms with Crippen LogP contribution in [0.3, 0.4) is 0 Å². The van der Waals surface area contributed by atoms with Gasteiger partial charge in [-0.15, -0.1) is 11.3 Å². The molecule has 1 aromatic heterocycles. The van der Waals surface area contributed by atoms with Crippen LogP contribution in [0.4, 0.5) is 5.69 Å². The predicted octanol–water partition coefficient (Wildman–Crippen LogP) is 4.56. The summed E-state index contributed by atoms with van der Waals surface area (Å²) in [5.74, 6) is 0.112. The van der Waals surface area contributed by atoms with E-state index in [1.807, 2.05) is 24.3 Å². The average molecular weight is 420 g/mol. The summed E-state index contributed by atoms with van der Waals surface area (Å²) >= 11 is 1.68. The van der Waals surface area contributed by atoms with Crippen molar-refractivity contribution in [3.05, 3.63) is 88.6 Å². The van der Waals surface area contributed by atoms with E-state index >= 15 is 0 Å². The number of carbonyl (C=O) groups is 1. The van der Waals surface area contributed by atoms with Gasteiger partial charge in [0.2, 0.25) is 5.91 Å². The van der Waals surface area contributed by atoms with Gasteiger partial charge in [-0.1, -0.05) is 54.6 Å². The molecule has 2 heterocycles. The highest BCUT2D eigenvalue weighted by atomic mass is 32.1. The minimum absolute atomic E-state index is 0.0728. The number of anilines is 1. The van der Waals surface area contributed by atoms with Crippen molar-refractivity contribution in [2.45, 2.75) is 18.9 Å². The molecule has 1 unspecified atom stereocenters. The molecule has 1 atom stereocenters. The number of thiophene rings is 1. The number of rotatable bonds is 7. The van der Waals surface area contributed by atoms with Crippen LogP contribution >= 0.6 is 11.3 Å². The number of nitrogens with one attached hydrogen (secondary N) is 1. The van der Waals surface area contributed by atoms with Crippen molar-refractivity contribution in [2.75, 3.05) is 37.6 Å². The molecule has 4 rings (SSSR count). The molecule has 1 N–H and O–H groups in total. The first-order valence-electron chi connectivity index (χ1n) is 10.7. The summed E-state index contributed by atoms with van der Waals surface area (Å²) in [5, 5.41) is 5.32. The Bertz CT molecular complexity index is 899. The van der Waals surface area contributed by atoms with Gasteiger partial charge in [0.25, 0.3) is 0 Å². The molecule has 2 aromatic carbocycles. The summed E-state index contributed by atoms with van der Waals surface area (Å²) in [5.41, 5.74) is 2.42.